The molecule has 3 heterocycles. The molecule has 2 fully saturated rings. The number of benzene rings is 1. The van der Waals surface area contributed by atoms with Gasteiger partial charge in [0.1, 0.15) is 4.32 Å². The highest BCUT2D eigenvalue weighted by Crippen LogP contribution is 2.36. The number of hydrogen-bond acceptors (Lipinski definition) is 8. The first-order valence-corrected chi connectivity index (χ1v) is 11.6. The van der Waals surface area contributed by atoms with Crippen LogP contribution in [0, 0.1) is 5.92 Å². The molecule has 0 aromatic heterocycles. The Morgan fingerprint density at radius 3 is 2.75 bits per heavy atom. The van der Waals surface area contributed by atoms with Gasteiger partial charge in [0.15, 0.2) is 11.5 Å². The highest BCUT2D eigenvalue weighted by Gasteiger charge is 2.32. The number of amides is 3. The number of thioether (sulfide) groups is 1. The van der Waals surface area contributed by atoms with E-state index in [2.05, 4.69) is 5.32 Å². The van der Waals surface area contributed by atoms with Gasteiger partial charge in [-0.25, -0.2) is 0 Å². The van der Waals surface area contributed by atoms with Crippen molar-refractivity contribution in [2.45, 2.75) is 12.8 Å². The first kappa shape index (κ1) is 22.6. The topological polar surface area (TPSA) is 114 Å². The number of ether oxygens (including phenoxy) is 2. The van der Waals surface area contributed by atoms with E-state index in [0.717, 1.165) is 5.56 Å². The molecule has 0 saturated carbocycles. The van der Waals surface area contributed by atoms with Crippen molar-refractivity contribution < 1.29 is 23.9 Å². The minimum atomic E-state index is -0.273. The molecular weight excluding hydrogens is 452 g/mol. The number of fused-ring (bicyclic) bond motifs is 1. The molecule has 1 aromatic rings. The maximum Gasteiger partial charge on any atom is 0.266 e. The van der Waals surface area contributed by atoms with Crippen LogP contribution in [0.25, 0.3) is 6.08 Å². The third-order valence-corrected chi connectivity index (χ3v) is 6.96. The minimum absolute atomic E-state index is 0.103. The molecule has 3 aliphatic heterocycles. The Morgan fingerprint density at radius 1 is 1.25 bits per heavy atom. The highest BCUT2D eigenvalue weighted by atomic mass is 32.2. The van der Waals surface area contributed by atoms with Gasteiger partial charge in [-0.2, -0.15) is 0 Å². The number of likely N-dealkylation sites (tertiary alicyclic amines) is 1. The van der Waals surface area contributed by atoms with Crippen LogP contribution < -0.4 is 20.5 Å². The van der Waals surface area contributed by atoms with Crippen LogP contribution in [0.4, 0.5) is 0 Å². The lowest BCUT2D eigenvalue weighted by molar-refractivity contribution is -0.125. The van der Waals surface area contributed by atoms with Crippen LogP contribution in [0.5, 0.6) is 11.5 Å². The third kappa shape index (κ3) is 5.22. The molecule has 3 N–H and O–H groups in total. The second-order valence-electron chi connectivity index (χ2n) is 7.75. The molecule has 0 radical (unpaired) electrons. The minimum Gasteiger partial charge on any atom is -0.454 e. The van der Waals surface area contributed by atoms with Crippen LogP contribution in [-0.2, 0) is 14.4 Å². The molecular formula is C21H24N4O5S2. The zero-order valence-electron chi connectivity index (χ0n) is 17.4. The molecule has 4 rings (SSSR count). The highest BCUT2D eigenvalue weighted by molar-refractivity contribution is 8.26. The molecule has 11 heteroatoms. The first-order valence-electron chi connectivity index (χ1n) is 10.3. The van der Waals surface area contributed by atoms with E-state index in [1.807, 2.05) is 17.0 Å². The lowest BCUT2D eigenvalue weighted by Gasteiger charge is -2.29. The van der Waals surface area contributed by atoms with Crippen LogP contribution in [0.2, 0.25) is 0 Å². The number of nitrogens with two attached hydrogens (primary N) is 1. The molecule has 0 atom stereocenters. The molecule has 0 aliphatic carbocycles. The number of carbonyl (C=O) groups excluding carboxylic acids is 3. The van der Waals surface area contributed by atoms with Crippen molar-refractivity contribution in [3.05, 3.63) is 28.7 Å². The van der Waals surface area contributed by atoms with E-state index in [1.165, 1.54) is 16.7 Å². The van der Waals surface area contributed by atoms with Crippen molar-refractivity contribution in [2.24, 2.45) is 11.7 Å². The number of nitrogens with one attached hydrogen (secondary N) is 1. The standard InChI is InChI=1S/C21H24N4O5S2/c22-19(27)14-3-6-24(7-4-14)11-18(26)23-5-8-25-20(28)17(32-21(25)31)10-13-1-2-15-16(9-13)30-12-29-15/h1-2,9-10,14H,3-8,11-12H2,(H2,22,27)(H,23,26)/b17-10+. The van der Waals surface area contributed by atoms with Crippen molar-refractivity contribution >= 4 is 52.1 Å². The van der Waals surface area contributed by atoms with E-state index in [4.69, 9.17) is 27.4 Å². The Bertz CT molecular complexity index is 975. The van der Waals surface area contributed by atoms with Gasteiger partial charge >= 0.3 is 0 Å². The molecule has 0 unspecified atom stereocenters. The molecule has 3 aliphatic rings. The second kappa shape index (κ2) is 9.88. The predicted molar refractivity (Wildman–Crippen MR) is 124 cm³/mol. The fourth-order valence-electron chi connectivity index (χ4n) is 3.79. The normalized spacial score (nSPS) is 20.2. The third-order valence-electron chi connectivity index (χ3n) is 5.58. The molecule has 1 aromatic carbocycles. The number of carbonyl (C=O) groups is 3. The zero-order valence-corrected chi connectivity index (χ0v) is 19.0. The SMILES string of the molecule is NC(=O)C1CCN(CC(=O)NCCN2C(=O)/C(=C\c3ccc4c(c3)OCO4)SC2=S)CC1. The summed E-state index contributed by atoms with van der Waals surface area (Å²) in [6.07, 6.45) is 3.12. The van der Waals surface area contributed by atoms with E-state index in [1.54, 1.807) is 12.1 Å². The smallest absolute Gasteiger partial charge is 0.266 e. The first-order chi connectivity index (χ1) is 15.4. The Kier molecular flexibility index (Phi) is 6.97. The summed E-state index contributed by atoms with van der Waals surface area (Å²) in [6, 6.07) is 5.48. The van der Waals surface area contributed by atoms with Gasteiger partial charge < -0.3 is 20.5 Å². The maximum absolute atomic E-state index is 12.8. The summed E-state index contributed by atoms with van der Waals surface area (Å²) in [5.41, 5.74) is 6.16. The lowest BCUT2D eigenvalue weighted by Crippen LogP contribution is -2.45. The number of hydrogen-bond donors (Lipinski definition) is 2. The summed E-state index contributed by atoms with van der Waals surface area (Å²) in [6.45, 7) is 2.39. The average Bonchev–Trinajstić information content (AvgIpc) is 3.33. The van der Waals surface area contributed by atoms with Crippen molar-refractivity contribution in [3.63, 3.8) is 0 Å². The van der Waals surface area contributed by atoms with Gasteiger partial charge in [-0.15, -0.1) is 0 Å². The monoisotopic (exact) mass is 476 g/mol. The van der Waals surface area contributed by atoms with Gasteiger partial charge in [0.05, 0.1) is 11.4 Å². The number of piperidine rings is 1. The molecule has 32 heavy (non-hydrogen) atoms. The number of nitrogens with zero attached hydrogens (tertiary/aromatic N) is 2. The largest absolute Gasteiger partial charge is 0.454 e. The van der Waals surface area contributed by atoms with Crippen LogP contribution in [0.15, 0.2) is 23.1 Å². The second-order valence-corrected chi connectivity index (χ2v) is 9.42. The van der Waals surface area contributed by atoms with Gasteiger partial charge in [0.2, 0.25) is 18.6 Å². The molecule has 0 spiro atoms. The van der Waals surface area contributed by atoms with Gasteiger partial charge in [-0.3, -0.25) is 24.2 Å². The van der Waals surface area contributed by atoms with E-state index < -0.39 is 0 Å². The van der Waals surface area contributed by atoms with E-state index in [9.17, 15) is 14.4 Å². The number of thiocarbonyl (C=S) groups is 1. The van der Waals surface area contributed by atoms with Crippen LogP contribution in [0.3, 0.4) is 0 Å². The molecule has 0 bridgehead atoms. The van der Waals surface area contributed by atoms with Crippen LogP contribution in [-0.4, -0.2) is 71.4 Å². The Labute approximate surface area is 195 Å². The van der Waals surface area contributed by atoms with Crippen LogP contribution in [0.1, 0.15) is 18.4 Å². The summed E-state index contributed by atoms with van der Waals surface area (Å²) in [5.74, 6) is 0.655. The fraction of sp³-hybridized carbons (Fsp3) is 0.429. The maximum atomic E-state index is 12.8. The lowest BCUT2D eigenvalue weighted by atomic mass is 9.96. The summed E-state index contributed by atoms with van der Waals surface area (Å²) in [5, 5.41) is 2.84. The summed E-state index contributed by atoms with van der Waals surface area (Å²) in [7, 11) is 0. The van der Waals surface area contributed by atoms with Crippen molar-refractivity contribution in [1.29, 1.82) is 0 Å². The van der Waals surface area contributed by atoms with E-state index >= 15 is 0 Å². The quantitative estimate of drug-likeness (QED) is 0.441. The van der Waals surface area contributed by atoms with Crippen molar-refractivity contribution in [2.75, 3.05) is 39.5 Å². The zero-order chi connectivity index (χ0) is 22.7. The number of primary amides is 1. The van der Waals surface area contributed by atoms with Crippen LogP contribution >= 0.6 is 24.0 Å². The average molecular weight is 477 g/mol. The van der Waals surface area contributed by atoms with E-state index in [0.29, 0.717) is 59.7 Å². The molecule has 3 amide bonds. The Morgan fingerprint density at radius 2 is 2.00 bits per heavy atom. The number of rotatable bonds is 7. The molecule has 2 saturated heterocycles. The van der Waals surface area contributed by atoms with Crippen molar-refractivity contribution in [3.8, 4) is 11.5 Å². The summed E-state index contributed by atoms with van der Waals surface area (Å²) >= 11 is 6.59. The van der Waals surface area contributed by atoms with Gasteiger partial charge in [0, 0.05) is 19.0 Å². The summed E-state index contributed by atoms with van der Waals surface area (Å²) < 4.78 is 11.1. The van der Waals surface area contributed by atoms with Gasteiger partial charge in [-0.1, -0.05) is 30.0 Å². The van der Waals surface area contributed by atoms with Gasteiger partial charge in [0.25, 0.3) is 5.91 Å². The fourth-order valence-corrected chi connectivity index (χ4v) is 5.10. The molecule has 170 valence electrons. The Balaban J connectivity index is 1.24. The summed E-state index contributed by atoms with van der Waals surface area (Å²) in [4.78, 5) is 40.3. The van der Waals surface area contributed by atoms with E-state index in [-0.39, 0.29) is 37.0 Å². The Hall–Kier alpha value is -2.63. The van der Waals surface area contributed by atoms with Gasteiger partial charge in [-0.05, 0) is 49.7 Å². The van der Waals surface area contributed by atoms with Crippen molar-refractivity contribution in [1.82, 2.24) is 15.1 Å². The predicted octanol–water partition coefficient (Wildman–Crippen LogP) is 0.930. The molecule has 9 nitrogen and oxygen atoms in total.